The Morgan fingerprint density at radius 3 is 2.50 bits per heavy atom. The monoisotopic (exact) mass is 410 g/mol. The van der Waals surface area contributed by atoms with E-state index in [0.29, 0.717) is 10.0 Å². The van der Waals surface area contributed by atoms with Gasteiger partial charge in [0.1, 0.15) is 0 Å². The van der Waals surface area contributed by atoms with Gasteiger partial charge in [-0.25, -0.2) is 0 Å². The first-order chi connectivity index (χ1) is 12.3. The zero-order chi connectivity index (χ0) is 19.1. The Morgan fingerprint density at radius 2 is 1.81 bits per heavy atom. The van der Waals surface area contributed by atoms with Gasteiger partial charge in [0.15, 0.2) is 0 Å². The molecule has 0 aliphatic heterocycles. The van der Waals surface area contributed by atoms with E-state index in [1.807, 2.05) is 38.1 Å². The molecule has 2 N–H and O–H groups in total. The van der Waals surface area contributed by atoms with Crippen LogP contribution >= 0.6 is 35.0 Å². The number of rotatable bonds is 7. The molecule has 1 atom stereocenters. The number of hydrogen-bond acceptors (Lipinski definition) is 3. The Kier molecular flexibility index (Phi) is 7.82. The van der Waals surface area contributed by atoms with E-state index in [4.69, 9.17) is 23.2 Å². The molecule has 0 heterocycles. The van der Waals surface area contributed by atoms with Crippen LogP contribution in [0.15, 0.2) is 42.5 Å². The molecule has 0 unspecified atom stereocenters. The molecule has 7 heteroatoms. The smallest absolute Gasteiger partial charge is 0.234 e. The molecule has 138 valence electrons. The van der Waals surface area contributed by atoms with Crippen molar-refractivity contribution in [1.82, 2.24) is 5.32 Å². The van der Waals surface area contributed by atoms with Crippen LogP contribution in [0.25, 0.3) is 0 Å². The summed E-state index contributed by atoms with van der Waals surface area (Å²) in [6.45, 7) is 3.81. The van der Waals surface area contributed by atoms with Crippen LogP contribution in [-0.4, -0.2) is 23.3 Å². The quantitative estimate of drug-likeness (QED) is 0.685. The number of carbonyl (C=O) groups excluding carboxylic acids is 2. The van der Waals surface area contributed by atoms with Gasteiger partial charge in [-0.2, -0.15) is 0 Å². The summed E-state index contributed by atoms with van der Waals surface area (Å²) < 4.78 is 0. The average molecular weight is 411 g/mol. The summed E-state index contributed by atoms with van der Waals surface area (Å²) >= 11 is 13.3. The molecule has 0 spiro atoms. The van der Waals surface area contributed by atoms with Crippen molar-refractivity contribution in [1.29, 1.82) is 0 Å². The minimum atomic E-state index is -0.242. The number of nitrogens with one attached hydrogen (secondary N) is 2. The second kappa shape index (κ2) is 9.86. The molecule has 2 rings (SSSR count). The predicted octanol–water partition coefficient (Wildman–Crippen LogP) is 4.85. The fourth-order valence-corrected chi connectivity index (χ4v) is 3.57. The normalized spacial score (nSPS) is 11.7. The summed E-state index contributed by atoms with van der Waals surface area (Å²) in [5, 5.41) is 6.74. The highest BCUT2D eigenvalue weighted by atomic mass is 35.5. The third-order valence-electron chi connectivity index (χ3n) is 3.57. The lowest BCUT2D eigenvalue weighted by atomic mass is 10.1. The molecule has 4 nitrogen and oxygen atoms in total. The van der Waals surface area contributed by atoms with E-state index in [-0.39, 0.29) is 29.4 Å². The van der Waals surface area contributed by atoms with Gasteiger partial charge in [0.2, 0.25) is 11.8 Å². The maximum atomic E-state index is 12.1. The maximum absolute atomic E-state index is 12.1. The van der Waals surface area contributed by atoms with Crippen LogP contribution in [0.4, 0.5) is 5.69 Å². The highest BCUT2D eigenvalue weighted by Gasteiger charge is 2.13. The fourth-order valence-electron chi connectivity index (χ4n) is 2.37. The van der Waals surface area contributed by atoms with Gasteiger partial charge < -0.3 is 10.6 Å². The van der Waals surface area contributed by atoms with Crippen LogP contribution < -0.4 is 10.6 Å². The Labute approximate surface area is 167 Å². The molecule has 0 aliphatic carbocycles. The summed E-state index contributed by atoms with van der Waals surface area (Å²) in [5.74, 6) is 0.105. The van der Waals surface area contributed by atoms with Crippen LogP contribution in [-0.2, 0) is 9.59 Å². The van der Waals surface area contributed by atoms with E-state index in [2.05, 4.69) is 10.6 Å². The maximum Gasteiger partial charge on any atom is 0.234 e. The van der Waals surface area contributed by atoms with Gasteiger partial charge in [-0.15, -0.1) is 11.8 Å². The van der Waals surface area contributed by atoms with E-state index in [1.165, 1.54) is 11.8 Å². The number of halogens is 2. The lowest BCUT2D eigenvalue weighted by Crippen LogP contribution is -2.29. The van der Waals surface area contributed by atoms with Gasteiger partial charge in [-0.05, 0) is 49.2 Å². The second-order valence-corrected chi connectivity index (χ2v) is 7.69. The number of aryl methyl sites for hydroxylation is 1. The third-order valence-corrected chi connectivity index (χ3v) is 5.07. The molecular formula is C19H20Cl2N2O2S. The fraction of sp³-hybridized carbons (Fsp3) is 0.263. The Morgan fingerprint density at radius 1 is 1.08 bits per heavy atom. The van der Waals surface area contributed by atoms with Crippen LogP contribution in [0, 0.1) is 6.92 Å². The van der Waals surface area contributed by atoms with Crippen LogP contribution in [0.3, 0.4) is 0 Å². The molecule has 0 radical (unpaired) electrons. The third kappa shape index (κ3) is 6.56. The first kappa shape index (κ1) is 20.6. The lowest BCUT2D eigenvalue weighted by molar-refractivity contribution is -0.119. The Balaban J connectivity index is 1.75. The van der Waals surface area contributed by atoms with Crippen LogP contribution in [0.1, 0.15) is 24.1 Å². The molecule has 2 aromatic rings. The molecule has 0 aliphatic rings. The summed E-state index contributed by atoms with van der Waals surface area (Å²) in [6, 6.07) is 12.5. The molecule has 0 bridgehead atoms. The number of carbonyl (C=O) groups is 2. The SMILES string of the molecule is Cc1cccc(NC(=O)CSCC(=O)N[C@@H](C)c2ccc(Cl)cc2Cl)c1. The number of hydrogen-bond donors (Lipinski definition) is 2. The number of thioether (sulfide) groups is 1. The Hall–Kier alpha value is -1.69. The van der Waals surface area contributed by atoms with Crippen molar-refractivity contribution >= 4 is 52.5 Å². The van der Waals surface area contributed by atoms with E-state index in [9.17, 15) is 9.59 Å². The van der Waals surface area contributed by atoms with Crippen molar-refractivity contribution in [2.24, 2.45) is 0 Å². The first-order valence-corrected chi connectivity index (χ1v) is 9.95. The summed E-state index contributed by atoms with van der Waals surface area (Å²) in [4.78, 5) is 24.0. The van der Waals surface area contributed by atoms with Crippen molar-refractivity contribution < 1.29 is 9.59 Å². The zero-order valence-corrected chi connectivity index (χ0v) is 16.8. The number of anilines is 1. The van der Waals surface area contributed by atoms with E-state index >= 15 is 0 Å². The van der Waals surface area contributed by atoms with Gasteiger partial charge >= 0.3 is 0 Å². The predicted molar refractivity (Wildman–Crippen MR) is 110 cm³/mol. The Bertz CT molecular complexity index is 799. The first-order valence-electron chi connectivity index (χ1n) is 8.03. The lowest BCUT2D eigenvalue weighted by Gasteiger charge is -2.16. The van der Waals surface area contributed by atoms with E-state index < -0.39 is 0 Å². The van der Waals surface area contributed by atoms with Crippen molar-refractivity contribution in [3.63, 3.8) is 0 Å². The molecule has 2 aromatic carbocycles. The van der Waals surface area contributed by atoms with Crippen molar-refractivity contribution in [3.05, 3.63) is 63.6 Å². The highest BCUT2D eigenvalue weighted by Crippen LogP contribution is 2.26. The van der Waals surface area contributed by atoms with Gasteiger partial charge in [0.05, 0.1) is 17.5 Å². The molecular weight excluding hydrogens is 391 g/mol. The summed E-state index contributed by atoms with van der Waals surface area (Å²) in [7, 11) is 0. The van der Waals surface area contributed by atoms with Gasteiger partial charge in [-0.1, -0.05) is 41.4 Å². The molecule has 26 heavy (non-hydrogen) atoms. The van der Waals surface area contributed by atoms with Crippen molar-refractivity contribution in [2.45, 2.75) is 19.9 Å². The molecule has 2 amide bonds. The molecule has 0 aromatic heterocycles. The molecule has 0 fully saturated rings. The number of benzene rings is 2. The largest absolute Gasteiger partial charge is 0.349 e. The van der Waals surface area contributed by atoms with Crippen molar-refractivity contribution in [3.8, 4) is 0 Å². The zero-order valence-electron chi connectivity index (χ0n) is 14.5. The topological polar surface area (TPSA) is 58.2 Å². The molecule has 0 saturated heterocycles. The molecule has 0 saturated carbocycles. The van der Waals surface area contributed by atoms with Crippen LogP contribution in [0.5, 0.6) is 0 Å². The summed E-state index contributed by atoms with van der Waals surface area (Å²) in [5.41, 5.74) is 2.63. The van der Waals surface area contributed by atoms with Crippen LogP contribution in [0.2, 0.25) is 10.0 Å². The van der Waals surface area contributed by atoms with E-state index in [1.54, 1.807) is 18.2 Å². The second-order valence-electron chi connectivity index (χ2n) is 5.87. The highest BCUT2D eigenvalue weighted by molar-refractivity contribution is 8.00. The standard InChI is InChI=1S/C19H20Cl2N2O2S/c1-12-4-3-5-15(8-12)23-19(25)11-26-10-18(24)22-13(2)16-7-6-14(20)9-17(16)21/h3-9,13H,10-11H2,1-2H3,(H,22,24)(H,23,25)/t13-/m0/s1. The van der Waals surface area contributed by atoms with Crippen molar-refractivity contribution in [2.75, 3.05) is 16.8 Å². The summed E-state index contributed by atoms with van der Waals surface area (Å²) in [6.07, 6.45) is 0. The van der Waals surface area contributed by atoms with E-state index in [0.717, 1.165) is 16.8 Å². The minimum Gasteiger partial charge on any atom is -0.349 e. The van der Waals surface area contributed by atoms with Gasteiger partial charge in [0.25, 0.3) is 0 Å². The van der Waals surface area contributed by atoms with Gasteiger partial charge in [-0.3, -0.25) is 9.59 Å². The minimum absolute atomic E-state index is 0.137. The average Bonchev–Trinajstić information content (AvgIpc) is 2.54. The van der Waals surface area contributed by atoms with Gasteiger partial charge in [0, 0.05) is 15.7 Å². The number of amides is 2.